The molecule has 1 aliphatic heterocycles. The molecule has 0 amide bonds. The molecule has 0 bridgehead atoms. The van der Waals surface area contributed by atoms with Gasteiger partial charge in [0.25, 0.3) is 0 Å². The topological polar surface area (TPSA) is 57.9 Å². The van der Waals surface area contributed by atoms with E-state index < -0.39 is 17.6 Å². The highest BCUT2D eigenvalue weighted by molar-refractivity contribution is 5.82. The van der Waals surface area contributed by atoms with Crippen molar-refractivity contribution in [3.05, 3.63) is 64.6 Å². The van der Waals surface area contributed by atoms with Gasteiger partial charge in [-0.05, 0) is 42.5 Å². The van der Waals surface area contributed by atoms with Crippen molar-refractivity contribution >= 4 is 11.7 Å². The van der Waals surface area contributed by atoms with Crippen LogP contribution in [0, 0.1) is 17.6 Å². The van der Waals surface area contributed by atoms with Crippen LogP contribution in [0.5, 0.6) is 0 Å². The lowest BCUT2D eigenvalue weighted by atomic mass is 9.73. The molecule has 1 aromatic heterocycles. The molecule has 3 aliphatic rings. The lowest BCUT2D eigenvalue weighted by Gasteiger charge is -2.35. The maximum absolute atomic E-state index is 13.9. The van der Waals surface area contributed by atoms with Crippen molar-refractivity contribution in [2.24, 2.45) is 5.92 Å². The molecule has 2 aromatic rings. The second-order valence-electron chi connectivity index (χ2n) is 7.42. The van der Waals surface area contributed by atoms with E-state index in [0.717, 1.165) is 47.7 Å². The van der Waals surface area contributed by atoms with Crippen molar-refractivity contribution in [1.82, 2.24) is 0 Å². The minimum atomic E-state index is -0.648. The number of esters is 1. The molecule has 5 nitrogen and oxygen atoms in total. The molecular formula is C21H18F2O5. The van der Waals surface area contributed by atoms with Gasteiger partial charge in [-0.3, -0.25) is 4.79 Å². The first kappa shape index (κ1) is 17.6. The van der Waals surface area contributed by atoms with Gasteiger partial charge in [-0.15, -0.1) is 0 Å². The Morgan fingerprint density at radius 3 is 2.89 bits per heavy atom. The first-order valence-electron chi connectivity index (χ1n) is 9.25. The predicted molar refractivity (Wildman–Crippen MR) is 92.8 cm³/mol. The molecule has 3 atom stereocenters. The number of hydrogen-bond acceptors (Lipinski definition) is 5. The number of furan rings is 1. The molecule has 1 saturated carbocycles. The molecule has 0 N–H and O–H groups in total. The first-order chi connectivity index (χ1) is 13.6. The van der Waals surface area contributed by atoms with Gasteiger partial charge in [0.2, 0.25) is 0 Å². The predicted octanol–water partition coefficient (Wildman–Crippen LogP) is 3.76. The first-order valence-corrected chi connectivity index (χ1v) is 9.25. The van der Waals surface area contributed by atoms with Crippen molar-refractivity contribution in [1.29, 1.82) is 0 Å². The lowest BCUT2D eigenvalue weighted by molar-refractivity contribution is -0.136. The maximum atomic E-state index is 13.9. The third-order valence-electron chi connectivity index (χ3n) is 5.71. The number of carbonyl (C=O) groups is 1. The van der Waals surface area contributed by atoms with Gasteiger partial charge in [0.05, 0.1) is 30.5 Å². The van der Waals surface area contributed by atoms with E-state index in [1.165, 1.54) is 0 Å². The molecule has 1 saturated heterocycles. The summed E-state index contributed by atoms with van der Waals surface area (Å²) in [6.45, 7) is 0.276. The van der Waals surface area contributed by atoms with Gasteiger partial charge < -0.3 is 18.6 Å². The van der Waals surface area contributed by atoms with E-state index in [1.807, 2.05) is 0 Å². The fourth-order valence-electron chi connectivity index (χ4n) is 4.35. The van der Waals surface area contributed by atoms with Gasteiger partial charge in [-0.25, -0.2) is 8.78 Å². The van der Waals surface area contributed by atoms with Crippen LogP contribution in [0.3, 0.4) is 0 Å². The zero-order valence-electron chi connectivity index (χ0n) is 15.0. The number of hydrogen-bond donors (Lipinski definition) is 0. The highest BCUT2D eigenvalue weighted by Crippen LogP contribution is 2.46. The van der Waals surface area contributed by atoms with Crippen molar-refractivity contribution in [3.8, 4) is 0 Å². The van der Waals surface area contributed by atoms with Crippen molar-refractivity contribution in [3.63, 3.8) is 0 Å². The summed E-state index contributed by atoms with van der Waals surface area (Å²) >= 11 is 0. The molecule has 5 rings (SSSR count). The Morgan fingerprint density at radius 1 is 1.14 bits per heavy atom. The second kappa shape index (κ2) is 6.83. The van der Waals surface area contributed by atoms with Crippen LogP contribution in [0.25, 0.3) is 5.76 Å². The summed E-state index contributed by atoms with van der Waals surface area (Å²) in [5, 5.41) is 0. The molecular weight excluding hydrogens is 370 g/mol. The Morgan fingerprint density at radius 2 is 2.00 bits per heavy atom. The van der Waals surface area contributed by atoms with Crippen molar-refractivity contribution in [2.45, 2.75) is 37.9 Å². The normalized spacial score (nSPS) is 25.9. The average molecular weight is 388 g/mol. The third kappa shape index (κ3) is 3.04. The summed E-state index contributed by atoms with van der Waals surface area (Å²) in [4.78, 5) is 12.5. The van der Waals surface area contributed by atoms with Gasteiger partial charge in [0.15, 0.2) is 0 Å². The number of fused-ring (bicyclic) bond motifs is 3. The maximum Gasteiger partial charge on any atom is 0.315 e. The SMILES string of the molecule is O=C(Cc1cc(F)ccc1F)OC1=C2CC3OCOC3CC2Cc2cocc21. The molecule has 7 heteroatoms. The molecule has 146 valence electrons. The monoisotopic (exact) mass is 388 g/mol. The summed E-state index contributed by atoms with van der Waals surface area (Å²) in [5.74, 6) is -1.26. The summed E-state index contributed by atoms with van der Waals surface area (Å²) in [6.07, 6.45) is 5.01. The number of ether oxygens (including phenoxy) is 3. The van der Waals surface area contributed by atoms with Crippen LogP contribution in [0.2, 0.25) is 0 Å². The number of rotatable bonds is 3. The van der Waals surface area contributed by atoms with Crippen molar-refractivity contribution < 1.29 is 32.2 Å². The van der Waals surface area contributed by atoms with E-state index in [9.17, 15) is 13.6 Å². The van der Waals surface area contributed by atoms with E-state index >= 15 is 0 Å². The molecule has 2 heterocycles. The smallest absolute Gasteiger partial charge is 0.315 e. The minimum absolute atomic E-state index is 0.0355. The van der Waals surface area contributed by atoms with Gasteiger partial charge in [-0.2, -0.15) is 0 Å². The van der Waals surface area contributed by atoms with Crippen LogP contribution in [0.4, 0.5) is 8.78 Å². The van der Waals surface area contributed by atoms with Crippen LogP contribution >= 0.6 is 0 Å². The number of benzene rings is 1. The highest BCUT2D eigenvalue weighted by Gasteiger charge is 2.43. The summed E-state index contributed by atoms with van der Waals surface area (Å²) < 4.78 is 49.6. The van der Waals surface area contributed by atoms with Crippen LogP contribution in [-0.4, -0.2) is 25.0 Å². The fraction of sp³-hybridized carbons (Fsp3) is 0.381. The third-order valence-corrected chi connectivity index (χ3v) is 5.71. The van der Waals surface area contributed by atoms with Gasteiger partial charge >= 0.3 is 5.97 Å². The van der Waals surface area contributed by atoms with Crippen LogP contribution < -0.4 is 0 Å². The molecule has 1 aromatic carbocycles. The van der Waals surface area contributed by atoms with E-state index in [0.29, 0.717) is 12.2 Å². The largest absolute Gasteiger partial charge is 0.472 e. The summed E-state index contributed by atoms with van der Waals surface area (Å²) in [7, 11) is 0. The van der Waals surface area contributed by atoms with Crippen LogP contribution in [0.15, 0.2) is 40.7 Å². The molecule has 2 fully saturated rings. The number of carbonyl (C=O) groups excluding carboxylic acids is 1. The zero-order chi connectivity index (χ0) is 19.3. The Balaban J connectivity index is 1.44. The Kier molecular flexibility index (Phi) is 4.29. The Hall–Kier alpha value is -2.51. The van der Waals surface area contributed by atoms with E-state index in [1.54, 1.807) is 12.5 Å². The fourth-order valence-corrected chi connectivity index (χ4v) is 4.35. The molecule has 0 radical (unpaired) electrons. The molecule has 3 unspecified atom stereocenters. The Bertz CT molecular complexity index is 963. The van der Waals surface area contributed by atoms with Gasteiger partial charge in [-0.1, -0.05) is 0 Å². The standard InChI is InChI=1S/C21H18F2O5/c22-14-1-2-17(23)12(4-14)6-20(24)28-21-15-7-19-18(26-10-27-19)5-11(15)3-13-8-25-9-16(13)21/h1-2,4,8-9,11,18-19H,3,5-7,10H2. The molecule has 28 heavy (non-hydrogen) atoms. The quantitative estimate of drug-likeness (QED) is 0.750. The van der Waals surface area contributed by atoms with E-state index in [-0.39, 0.29) is 36.9 Å². The summed E-state index contributed by atoms with van der Waals surface area (Å²) in [6, 6.07) is 3.03. The second-order valence-corrected chi connectivity index (χ2v) is 7.42. The average Bonchev–Trinajstić information content (AvgIpc) is 3.31. The highest BCUT2D eigenvalue weighted by atomic mass is 19.1. The minimum Gasteiger partial charge on any atom is -0.472 e. The van der Waals surface area contributed by atoms with Gasteiger partial charge in [0, 0.05) is 17.5 Å². The van der Waals surface area contributed by atoms with E-state index in [4.69, 9.17) is 18.6 Å². The van der Waals surface area contributed by atoms with Crippen LogP contribution in [0.1, 0.15) is 29.5 Å². The van der Waals surface area contributed by atoms with Crippen molar-refractivity contribution in [2.75, 3.05) is 6.79 Å². The van der Waals surface area contributed by atoms with E-state index in [2.05, 4.69) is 0 Å². The summed E-state index contributed by atoms with van der Waals surface area (Å²) in [5.41, 5.74) is 2.66. The molecule has 2 aliphatic carbocycles. The van der Waals surface area contributed by atoms with Crippen LogP contribution in [-0.2, 0) is 31.8 Å². The Labute approximate surface area is 159 Å². The zero-order valence-corrected chi connectivity index (χ0v) is 15.0. The molecule has 0 spiro atoms. The lowest BCUT2D eigenvalue weighted by Crippen LogP contribution is -2.36. The van der Waals surface area contributed by atoms with Gasteiger partial charge in [0.1, 0.15) is 30.4 Å². The number of halogens is 2.